The van der Waals surface area contributed by atoms with Gasteiger partial charge in [-0.3, -0.25) is 15.0 Å². The van der Waals surface area contributed by atoms with Crippen molar-refractivity contribution in [2.75, 3.05) is 6.54 Å². The standard InChI is InChI=1S/C24H19F3N4O4/c25-24(26,27)23(34)35-19-9-7-17(21(28)29)12-16(19)2-1-11-30-22(33)15-5-3-14(4-6-15)18-8-10-20(32)31-13-18/h1-10,12-13H,11H2,(H3,28,29)(H,30,33)(H,31,32)/b2-1+. The first-order valence-corrected chi connectivity index (χ1v) is 10.1. The highest BCUT2D eigenvalue weighted by atomic mass is 19.4. The molecule has 1 amide bonds. The molecule has 5 N–H and O–H groups in total. The molecule has 2 aromatic carbocycles. The second-order valence-corrected chi connectivity index (χ2v) is 7.18. The average molecular weight is 484 g/mol. The fourth-order valence-corrected chi connectivity index (χ4v) is 2.94. The Balaban J connectivity index is 1.67. The Bertz CT molecular complexity index is 1330. The van der Waals surface area contributed by atoms with Crippen molar-refractivity contribution in [3.63, 3.8) is 0 Å². The van der Waals surface area contributed by atoms with Crippen LogP contribution >= 0.6 is 0 Å². The first-order valence-electron chi connectivity index (χ1n) is 10.1. The molecule has 0 aliphatic rings. The highest BCUT2D eigenvalue weighted by Crippen LogP contribution is 2.25. The number of carbonyl (C=O) groups is 2. The van der Waals surface area contributed by atoms with Gasteiger partial charge in [-0.05, 0) is 47.5 Å². The quantitative estimate of drug-likeness (QED) is 0.177. The fraction of sp³-hybridized carbons (Fsp3) is 0.0833. The zero-order chi connectivity index (χ0) is 25.6. The molecule has 0 bridgehead atoms. The molecule has 180 valence electrons. The lowest BCUT2D eigenvalue weighted by molar-refractivity contribution is -0.189. The maximum atomic E-state index is 12.6. The van der Waals surface area contributed by atoms with Gasteiger partial charge in [0.15, 0.2) is 0 Å². The van der Waals surface area contributed by atoms with E-state index in [-0.39, 0.29) is 34.8 Å². The summed E-state index contributed by atoms with van der Waals surface area (Å²) in [6, 6.07) is 13.3. The number of halogens is 3. The molecular weight excluding hydrogens is 465 g/mol. The third kappa shape index (κ3) is 6.67. The monoisotopic (exact) mass is 484 g/mol. The van der Waals surface area contributed by atoms with E-state index in [1.165, 1.54) is 30.4 Å². The topological polar surface area (TPSA) is 138 Å². The van der Waals surface area contributed by atoms with Crippen molar-refractivity contribution in [3.05, 3.63) is 93.9 Å². The number of nitrogens with one attached hydrogen (secondary N) is 3. The lowest BCUT2D eigenvalue weighted by atomic mass is 10.1. The van der Waals surface area contributed by atoms with Gasteiger partial charge in [-0.1, -0.05) is 24.3 Å². The van der Waals surface area contributed by atoms with E-state index in [9.17, 15) is 27.6 Å². The maximum Gasteiger partial charge on any atom is 0.491 e. The smallest absolute Gasteiger partial charge is 0.419 e. The van der Waals surface area contributed by atoms with Crippen molar-refractivity contribution < 1.29 is 27.5 Å². The second-order valence-electron chi connectivity index (χ2n) is 7.18. The van der Waals surface area contributed by atoms with Crippen LogP contribution in [0.5, 0.6) is 5.75 Å². The summed E-state index contributed by atoms with van der Waals surface area (Å²) in [4.78, 5) is 37.3. The van der Waals surface area contributed by atoms with Crippen molar-refractivity contribution in [1.29, 1.82) is 5.41 Å². The molecule has 0 saturated heterocycles. The van der Waals surface area contributed by atoms with Crippen LogP contribution in [0.25, 0.3) is 17.2 Å². The van der Waals surface area contributed by atoms with Crippen LogP contribution in [0.4, 0.5) is 13.2 Å². The highest BCUT2D eigenvalue weighted by Gasteiger charge is 2.41. The molecule has 0 radical (unpaired) electrons. The fourth-order valence-electron chi connectivity index (χ4n) is 2.94. The van der Waals surface area contributed by atoms with Crippen LogP contribution in [-0.2, 0) is 4.79 Å². The Morgan fingerprint density at radius 1 is 1.03 bits per heavy atom. The maximum absolute atomic E-state index is 12.6. The van der Waals surface area contributed by atoms with Crippen LogP contribution in [0, 0.1) is 5.41 Å². The first-order chi connectivity index (χ1) is 16.5. The minimum atomic E-state index is -5.18. The molecule has 1 heterocycles. The zero-order valence-electron chi connectivity index (χ0n) is 18.0. The normalized spacial score (nSPS) is 11.3. The zero-order valence-corrected chi connectivity index (χ0v) is 18.0. The van der Waals surface area contributed by atoms with E-state index in [2.05, 4.69) is 15.0 Å². The minimum Gasteiger partial charge on any atom is -0.419 e. The number of aromatic nitrogens is 1. The van der Waals surface area contributed by atoms with Crippen molar-refractivity contribution in [2.24, 2.45) is 5.73 Å². The third-order valence-electron chi connectivity index (χ3n) is 4.70. The number of hydrogen-bond acceptors (Lipinski definition) is 5. The van der Waals surface area contributed by atoms with Crippen molar-refractivity contribution >= 4 is 23.8 Å². The molecule has 0 fully saturated rings. The van der Waals surface area contributed by atoms with Gasteiger partial charge in [0.05, 0.1) is 0 Å². The number of nitrogens with two attached hydrogens (primary N) is 1. The van der Waals surface area contributed by atoms with E-state index in [1.807, 2.05) is 0 Å². The van der Waals surface area contributed by atoms with E-state index in [0.29, 0.717) is 5.56 Å². The summed E-state index contributed by atoms with van der Waals surface area (Å²) in [6.07, 6.45) is -0.840. The van der Waals surface area contributed by atoms with Crippen LogP contribution in [-0.4, -0.2) is 35.4 Å². The summed E-state index contributed by atoms with van der Waals surface area (Å²) in [6.45, 7) is 0.0114. The Morgan fingerprint density at radius 2 is 1.69 bits per heavy atom. The molecule has 3 aromatic rings. The summed E-state index contributed by atoms with van der Waals surface area (Å²) in [5, 5.41) is 10.1. The molecule has 11 heteroatoms. The van der Waals surface area contributed by atoms with Crippen LogP contribution in [0.15, 0.2) is 71.7 Å². The predicted molar refractivity (Wildman–Crippen MR) is 123 cm³/mol. The number of pyridine rings is 1. The van der Waals surface area contributed by atoms with E-state index in [1.54, 1.807) is 36.5 Å². The number of carbonyl (C=O) groups excluding carboxylic acids is 2. The molecule has 3 rings (SSSR count). The van der Waals surface area contributed by atoms with Gasteiger partial charge in [0.25, 0.3) is 5.91 Å². The number of nitrogen functional groups attached to an aromatic ring is 1. The van der Waals surface area contributed by atoms with E-state index in [0.717, 1.165) is 17.2 Å². The van der Waals surface area contributed by atoms with Gasteiger partial charge in [0.1, 0.15) is 11.6 Å². The number of aromatic amines is 1. The van der Waals surface area contributed by atoms with E-state index >= 15 is 0 Å². The second kappa shape index (κ2) is 10.5. The van der Waals surface area contributed by atoms with E-state index < -0.39 is 18.1 Å². The third-order valence-corrected chi connectivity index (χ3v) is 4.70. The lowest BCUT2D eigenvalue weighted by Gasteiger charge is -2.11. The molecule has 35 heavy (non-hydrogen) atoms. The Morgan fingerprint density at radius 3 is 2.29 bits per heavy atom. The van der Waals surface area contributed by atoms with Crippen molar-refractivity contribution in [2.45, 2.75) is 6.18 Å². The van der Waals surface area contributed by atoms with Gasteiger partial charge in [-0.25, -0.2) is 4.79 Å². The van der Waals surface area contributed by atoms with Gasteiger partial charge in [0, 0.05) is 35.5 Å². The molecule has 0 spiro atoms. The van der Waals surface area contributed by atoms with Crippen molar-refractivity contribution in [1.82, 2.24) is 10.3 Å². The summed E-state index contributed by atoms with van der Waals surface area (Å²) in [7, 11) is 0. The first kappa shape index (κ1) is 25.0. The summed E-state index contributed by atoms with van der Waals surface area (Å²) in [5.41, 5.74) is 7.40. The van der Waals surface area contributed by atoms with Crippen LogP contribution in [0.3, 0.4) is 0 Å². The largest absolute Gasteiger partial charge is 0.491 e. The molecule has 0 saturated carbocycles. The van der Waals surface area contributed by atoms with E-state index in [4.69, 9.17) is 11.1 Å². The molecule has 0 unspecified atom stereocenters. The van der Waals surface area contributed by atoms with Crippen LogP contribution < -0.4 is 21.3 Å². The van der Waals surface area contributed by atoms with Crippen LogP contribution in [0.2, 0.25) is 0 Å². The Kier molecular flexibility index (Phi) is 7.49. The van der Waals surface area contributed by atoms with Gasteiger partial charge in [-0.15, -0.1) is 0 Å². The molecule has 0 atom stereocenters. The number of esters is 1. The molecular formula is C24H19F3N4O4. The highest BCUT2D eigenvalue weighted by molar-refractivity contribution is 5.96. The van der Waals surface area contributed by atoms with Crippen LogP contribution in [0.1, 0.15) is 21.5 Å². The number of amidine groups is 1. The van der Waals surface area contributed by atoms with Gasteiger partial charge in [-0.2, -0.15) is 13.2 Å². The predicted octanol–water partition coefficient (Wildman–Crippen LogP) is 3.24. The summed E-state index contributed by atoms with van der Waals surface area (Å²) < 4.78 is 42.1. The molecule has 0 aliphatic heterocycles. The Labute approximate surface area is 196 Å². The number of alkyl halides is 3. The SMILES string of the molecule is N=C(N)c1ccc(OC(=O)C(F)(F)F)c(/C=C/CNC(=O)c2ccc(-c3ccc(=O)[nH]c3)cc2)c1. The van der Waals surface area contributed by atoms with Gasteiger partial charge in [0.2, 0.25) is 5.56 Å². The summed E-state index contributed by atoms with van der Waals surface area (Å²) in [5.74, 6) is -3.49. The molecule has 0 aliphatic carbocycles. The lowest BCUT2D eigenvalue weighted by Crippen LogP contribution is -2.28. The molecule has 1 aromatic heterocycles. The average Bonchev–Trinajstić information content (AvgIpc) is 2.82. The number of hydrogen-bond donors (Lipinski definition) is 4. The Hall–Kier alpha value is -4.67. The van der Waals surface area contributed by atoms with Gasteiger partial charge < -0.3 is 20.8 Å². The number of benzene rings is 2. The number of rotatable bonds is 7. The van der Waals surface area contributed by atoms with Gasteiger partial charge >= 0.3 is 12.1 Å². The summed E-state index contributed by atoms with van der Waals surface area (Å²) >= 11 is 0. The molecule has 8 nitrogen and oxygen atoms in total. The number of H-pyrrole nitrogens is 1. The number of amides is 1. The minimum absolute atomic E-state index is 0.0114. The van der Waals surface area contributed by atoms with Crippen molar-refractivity contribution in [3.8, 4) is 16.9 Å². The number of ether oxygens (including phenoxy) is 1.